The van der Waals surface area contributed by atoms with Crippen LogP contribution in [0.5, 0.6) is 11.5 Å². The molecule has 2 aliphatic heterocycles. The minimum atomic E-state index is -0.127. The molecule has 1 atom stereocenters. The van der Waals surface area contributed by atoms with Crippen LogP contribution in [-0.2, 0) is 4.79 Å². The van der Waals surface area contributed by atoms with Crippen molar-refractivity contribution in [3.8, 4) is 22.9 Å². The van der Waals surface area contributed by atoms with Crippen molar-refractivity contribution in [2.24, 2.45) is 0 Å². The average molecular weight is 349 g/mol. The first-order chi connectivity index (χ1) is 12.8. The first kappa shape index (κ1) is 14.9. The van der Waals surface area contributed by atoms with Gasteiger partial charge in [-0.25, -0.2) is 0 Å². The Morgan fingerprint density at radius 1 is 1.04 bits per heavy atom. The molecule has 26 heavy (non-hydrogen) atoms. The molecular weight excluding hydrogens is 334 g/mol. The Hall–Kier alpha value is -3.35. The molecule has 0 spiro atoms. The Bertz CT molecular complexity index is 970. The first-order valence-electron chi connectivity index (χ1n) is 8.37. The van der Waals surface area contributed by atoms with Crippen LogP contribution in [0.3, 0.4) is 0 Å². The number of carbonyl (C=O) groups excluding carboxylic acids is 1. The van der Waals surface area contributed by atoms with Crippen molar-refractivity contribution >= 4 is 11.6 Å². The summed E-state index contributed by atoms with van der Waals surface area (Å²) in [6.07, 6.45) is 0.338. The lowest BCUT2D eigenvalue weighted by Crippen LogP contribution is -2.24. The quantitative estimate of drug-likeness (QED) is 0.723. The number of carbonyl (C=O) groups is 1. The summed E-state index contributed by atoms with van der Waals surface area (Å²) < 4.78 is 16.1. The van der Waals surface area contributed by atoms with Gasteiger partial charge < -0.3 is 18.9 Å². The maximum atomic E-state index is 12.5. The molecule has 0 N–H and O–H groups in total. The van der Waals surface area contributed by atoms with Gasteiger partial charge in [0.25, 0.3) is 0 Å². The highest BCUT2D eigenvalue weighted by atomic mass is 16.7. The monoisotopic (exact) mass is 349 g/mol. The van der Waals surface area contributed by atoms with Gasteiger partial charge in [-0.05, 0) is 12.1 Å². The Morgan fingerprint density at radius 3 is 2.77 bits per heavy atom. The predicted octanol–water partition coefficient (Wildman–Crippen LogP) is 2.99. The lowest BCUT2D eigenvalue weighted by Gasteiger charge is -2.16. The number of ether oxygens (including phenoxy) is 2. The molecule has 2 aliphatic rings. The van der Waals surface area contributed by atoms with E-state index in [1.165, 1.54) is 0 Å². The highest BCUT2D eigenvalue weighted by molar-refractivity contribution is 5.96. The molecule has 5 rings (SSSR count). The van der Waals surface area contributed by atoms with E-state index in [0.717, 1.165) is 11.3 Å². The Balaban J connectivity index is 1.38. The zero-order chi connectivity index (χ0) is 17.5. The largest absolute Gasteiger partial charge is 0.454 e. The topological polar surface area (TPSA) is 77.7 Å². The number of hydrogen-bond acceptors (Lipinski definition) is 6. The van der Waals surface area contributed by atoms with E-state index in [2.05, 4.69) is 10.1 Å². The van der Waals surface area contributed by atoms with E-state index in [0.29, 0.717) is 36.2 Å². The van der Waals surface area contributed by atoms with Crippen LogP contribution in [0.1, 0.15) is 18.2 Å². The molecule has 1 saturated heterocycles. The van der Waals surface area contributed by atoms with Crippen molar-refractivity contribution in [3.63, 3.8) is 0 Å². The highest BCUT2D eigenvalue weighted by Crippen LogP contribution is 2.38. The van der Waals surface area contributed by atoms with Gasteiger partial charge in [-0.2, -0.15) is 4.98 Å². The number of fused-ring (bicyclic) bond motifs is 1. The average Bonchev–Trinajstić information content (AvgIpc) is 3.41. The predicted molar refractivity (Wildman–Crippen MR) is 92.0 cm³/mol. The third kappa shape index (κ3) is 2.48. The number of nitrogens with zero attached hydrogens (tertiary/aromatic N) is 3. The maximum Gasteiger partial charge on any atom is 0.232 e. The molecule has 2 aromatic carbocycles. The molecule has 1 aromatic heterocycles. The van der Waals surface area contributed by atoms with E-state index >= 15 is 0 Å². The standard InChI is InChI=1S/C19H15N3O4/c23-17-8-13(19-20-18(21-26-19)12-4-2-1-3-5-12)10-22(17)14-6-7-15-16(9-14)25-11-24-15/h1-7,9,13H,8,10-11H2. The molecule has 7 nitrogen and oxygen atoms in total. The zero-order valence-corrected chi connectivity index (χ0v) is 13.8. The molecule has 3 aromatic rings. The van der Waals surface area contributed by atoms with Crippen molar-refractivity contribution in [2.75, 3.05) is 18.2 Å². The van der Waals surface area contributed by atoms with Gasteiger partial charge in [-0.3, -0.25) is 4.79 Å². The Labute approximate surface area is 149 Å². The minimum absolute atomic E-state index is 0.0216. The Morgan fingerprint density at radius 2 is 1.88 bits per heavy atom. The lowest BCUT2D eigenvalue weighted by atomic mass is 10.1. The normalized spacial score (nSPS) is 18.5. The summed E-state index contributed by atoms with van der Waals surface area (Å²) >= 11 is 0. The third-order valence-electron chi connectivity index (χ3n) is 4.62. The number of anilines is 1. The molecule has 0 aliphatic carbocycles. The fraction of sp³-hybridized carbons (Fsp3) is 0.211. The molecule has 0 saturated carbocycles. The van der Waals surface area contributed by atoms with Gasteiger partial charge in [0, 0.05) is 30.3 Å². The van der Waals surface area contributed by atoms with Gasteiger partial charge >= 0.3 is 0 Å². The van der Waals surface area contributed by atoms with Gasteiger partial charge in [0.2, 0.25) is 24.4 Å². The summed E-state index contributed by atoms with van der Waals surface area (Å²) in [6, 6.07) is 15.1. The van der Waals surface area contributed by atoms with Crippen LogP contribution in [-0.4, -0.2) is 29.4 Å². The summed E-state index contributed by atoms with van der Waals surface area (Å²) in [5.41, 5.74) is 1.67. The fourth-order valence-electron chi connectivity index (χ4n) is 3.28. The molecule has 0 radical (unpaired) electrons. The van der Waals surface area contributed by atoms with Gasteiger partial charge in [0.15, 0.2) is 11.5 Å². The summed E-state index contributed by atoms with van der Waals surface area (Å²) in [4.78, 5) is 18.7. The molecule has 1 unspecified atom stereocenters. The molecule has 1 amide bonds. The molecule has 7 heteroatoms. The van der Waals surface area contributed by atoms with Crippen LogP contribution in [0, 0.1) is 0 Å². The van der Waals surface area contributed by atoms with E-state index in [-0.39, 0.29) is 18.6 Å². The SMILES string of the molecule is O=C1CC(c2nc(-c3ccccc3)no2)CN1c1ccc2c(c1)OCO2. The number of hydrogen-bond donors (Lipinski definition) is 0. The second kappa shape index (κ2) is 5.87. The van der Waals surface area contributed by atoms with Gasteiger partial charge in [0.1, 0.15) is 0 Å². The maximum absolute atomic E-state index is 12.5. The number of benzene rings is 2. The smallest absolute Gasteiger partial charge is 0.232 e. The third-order valence-corrected chi connectivity index (χ3v) is 4.62. The van der Waals surface area contributed by atoms with E-state index in [1.807, 2.05) is 48.5 Å². The van der Waals surface area contributed by atoms with Gasteiger partial charge in [0.05, 0.1) is 5.92 Å². The van der Waals surface area contributed by atoms with Crippen LogP contribution in [0.4, 0.5) is 5.69 Å². The van der Waals surface area contributed by atoms with Gasteiger partial charge in [-0.1, -0.05) is 35.5 Å². The zero-order valence-electron chi connectivity index (χ0n) is 13.8. The highest BCUT2D eigenvalue weighted by Gasteiger charge is 2.35. The molecule has 3 heterocycles. The van der Waals surface area contributed by atoms with Crippen LogP contribution >= 0.6 is 0 Å². The van der Waals surface area contributed by atoms with Crippen molar-refractivity contribution in [1.82, 2.24) is 10.1 Å². The van der Waals surface area contributed by atoms with Crippen molar-refractivity contribution in [2.45, 2.75) is 12.3 Å². The molecule has 0 bridgehead atoms. The number of aromatic nitrogens is 2. The minimum Gasteiger partial charge on any atom is -0.454 e. The van der Waals surface area contributed by atoms with E-state index in [9.17, 15) is 4.79 Å². The van der Waals surface area contributed by atoms with Crippen molar-refractivity contribution in [3.05, 3.63) is 54.4 Å². The van der Waals surface area contributed by atoms with Gasteiger partial charge in [-0.15, -0.1) is 0 Å². The number of rotatable bonds is 3. The summed E-state index contributed by atoms with van der Waals surface area (Å²) in [6.45, 7) is 0.703. The molecule has 1 fully saturated rings. The van der Waals surface area contributed by atoms with Crippen molar-refractivity contribution < 1.29 is 18.8 Å². The van der Waals surface area contributed by atoms with E-state index < -0.39 is 0 Å². The van der Waals surface area contributed by atoms with Crippen molar-refractivity contribution in [1.29, 1.82) is 0 Å². The van der Waals surface area contributed by atoms with E-state index in [4.69, 9.17) is 14.0 Å². The molecule has 130 valence electrons. The summed E-state index contributed by atoms with van der Waals surface area (Å²) in [7, 11) is 0. The van der Waals surface area contributed by atoms with Crippen LogP contribution < -0.4 is 14.4 Å². The lowest BCUT2D eigenvalue weighted by molar-refractivity contribution is -0.117. The van der Waals surface area contributed by atoms with Crippen LogP contribution in [0.15, 0.2) is 53.1 Å². The Kier molecular flexibility index (Phi) is 3.38. The number of amides is 1. The second-order valence-corrected chi connectivity index (χ2v) is 6.27. The van der Waals surface area contributed by atoms with Crippen LogP contribution in [0.25, 0.3) is 11.4 Å². The summed E-state index contributed by atoms with van der Waals surface area (Å²) in [5.74, 6) is 2.27. The second-order valence-electron chi connectivity index (χ2n) is 6.27. The van der Waals surface area contributed by atoms with E-state index in [1.54, 1.807) is 4.90 Å². The molecular formula is C19H15N3O4. The fourth-order valence-corrected chi connectivity index (χ4v) is 3.28. The summed E-state index contributed by atoms with van der Waals surface area (Å²) in [5, 5.41) is 4.05. The van der Waals surface area contributed by atoms with Crippen LogP contribution in [0.2, 0.25) is 0 Å². The first-order valence-corrected chi connectivity index (χ1v) is 8.37.